The summed E-state index contributed by atoms with van der Waals surface area (Å²) < 4.78 is 1.49. The van der Waals surface area contributed by atoms with Gasteiger partial charge in [0.2, 0.25) is 12.3 Å². The lowest BCUT2D eigenvalue weighted by atomic mass is 10.1. The molecule has 0 spiro atoms. The number of aromatic nitrogens is 2. The molecule has 2 heterocycles. The molecule has 9 heteroatoms. The van der Waals surface area contributed by atoms with E-state index in [4.69, 9.17) is 5.73 Å². The molecule has 9 nitrogen and oxygen atoms in total. The van der Waals surface area contributed by atoms with E-state index in [1.165, 1.54) is 17.9 Å². The number of aliphatic hydroxyl groups is 1. The highest BCUT2D eigenvalue weighted by molar-refractivity contribution is 6.00. The van der Waals surface area contributed by atoms with Crippen LogP contribution in [0.2, 0.25) is 0 Å². The van der Waals surface area contributed by atoms with Crippen molar-refractivity contribution in [2.45, 2.75) is 26.7 Å². The molecule has 4 N–H and O–H groups in total. The van der Waals surface area contributed by atoms with Crippen molar-refractivity contribution in [1.29, 1.82) is 0 Å². The quantitative estimate of drug-likeness (QED) is 0.693. The predicted octanol–water partition coefficient (Wildman–Crippen LogP) is 0.265. The summed E-state index contributed by atoms with van der Waals surface area (Å²) in [5, 5.41) is 12.5. The van der Waals surface area contributed by atoms with Crippen molar-refractivity contribution in [1.82, 2.24) is 14.5 Å². The Morgan fingerprint density at radius 3 is 2.63 bits per heavy atom. The number of amides is 2. The first-order valence-corrected chi connectivity index (χ1v) is 8.67. The standard InChI is InChI=1S/C18H24N6O3/c1-11-6-12(2)8-13(7-11)24(5-4-19)14(25)9-23-10-20-16-15(23)17(26)22(3)18(27)21-16/h6-8,10,18,21,27H,4-5,9,19H2,1-3H3. The van der Waals surface area contributed by atoms with Crippen LogP contribution < -0.4 is 16.0 Å². The number of aliphatic hydroxyl groups excluding tert-OH is 1. The molecule has 2 aromatic rings. The van der Waals surface area contributed by atoms with Crippen molar-refractivity contribution in [3.63, 3.8) is 0 Å². The van der Waals surface area contributed by atoms with Crippen molar-refractivity contribution in [2.75, 3.05) is 30.4 Å². The summed E-state index contributed by atoms with van der Waals surface area (Å²) in [6.45, 7) is 4.56. The first-order valence-electron chi connectivity index (χ1n) is 8.67. The van der Waals surface area contributed by atoms with Crippen LogP contribution >= 0.6 is 0 Å². The molecule has 3 rings (SSSR count). The smallest absolute Gasteiger partial charge is 0.277 e. The molecule has 0 bridgehead atoms. The van der Waals surface area contributed by atoms with Gasteiger partial charge in [-0.1, -0.05) is 6.07 Å². The molecule has 1 aliphatic rings. The summed E-state index contributed by atoms with van der Waals surface area (Å²) in [6, 6.07) is 5.90. The van der Waals surface area contributed by atoms with Crippen LogP contribution in [0.4, 0.5) is 11.5 Å². The average Bonchev–Trinajstić information content (AvgIpc) is 2.99. The van der Waals surface area contributed by atoms with Gasteiger partial charge in [-0.15, -0.1) is 0 Å². The SMILES string of the molecule is Cc1cc(C)cc(N(CCN)C(=O)Cn2cnc3c2C(=O)N(C)C(O)N3)c1. The van der Waals surface area contributed by atoms with Gasteiger partial charge in [0.25, 0.3) is 5.91 Å². The second-order valence-electron chi connectivity index (χ2n) is 6.68. The van der Waals surface area contributed by atoms with E-state index in [1.807, 2.05) is 32.0 Å². The zero-order valence-electron chi connectivity index (χ0n) is 15.6. The third-order valence-electron chi connectivity index (χ3n) is 4.47. The van der Waals surface area contributed by atoms with Crippen LogP contribution in [-0.4, -0.2) is 57.9 Å². The molecule has 1 unspecified atom stereocenters. The molecule has 27 heavy (non-hydrogen) atoms. The third-order valence-corrected chi connectivity index (χ3v) is 4.47. The van der Waals surface area contributed by atoms with E-state index in [0.29, 0.717) is 13.1 Å². The van der Waals surface area contributed by atoms with Gasteiger partial charge in [0.1, 0.15) is 6.54 Å². The number of fused-ring (bicyclic) bond motifs is 1. The maximum atomic E-state index is 13.0. The summed E-state index contributed by atoms with van der Waals surface area (Å²) in [5.41, 5.74) is 8.82. The van der Waals surface area contributed by atoms with E-state index in [2.05, 4.69) is 10.3 Å². The number of rotatable bonds is 5. The van der Waals surface area contributed by atoms with Gasteiger partial charge in [-0.05, 0) is 37.1 Å². The van der Waals surface area contributed by atoms with Crippen molar-refractivity contribution in [3.05, 3.63) is 41.3 Å². The minimum atomic E-state index is -1.15. The predicted molar refractivity (Wildman–Crippen MR) is 101 cm³/mol. The van der Waals surface area contributed by atoms with Crippen LogP contribution in [0.15, 0.2) is 24.5 Å². The van der Waals surface area contributed by atoms with Gasteiger partial charge in [0.15, 0.2) is 11.5 Å². The van der Waals surface area contributed by atoms with Crippen LogP contribution in [0, 0.1) is 13.8 Å². The fourth-order valence-electron chi connectivity index (χ4n) is 3.19. The van der Waals surface area contributed by atoms with Gasteiger partial charge in [-0.3, -0.25) is 14.5 Å². The second-order valence-corrected chi connectivity index (χ2v) is 6.68. The van der Waals surface area contributed by atoms with Crippen molar-refractivity contribution >= 4 is 23.3 Å². The van der Waals surface area contributed by atoms with E-state index >= 15 is 0 Å². The van der Waals surface area contributed by atoms with Crippen LogP contribution in [0.3, 0.4) is 0 Å². The fraction of sp³-hybridized carbons (Fsp3) is 0.389. The van der Waals surface area contributed by atoms with E-state index < -0.39 is 12.3 Å². The van der Waals surface area contributed by atoms with Crippen molar-refractivity contribution < 1.29 is 14.7 Å². The van der Waals surface area contributed by atoms with Crippen LogP contribution in [0.5, 0.6) is 0 Å². The minimum absolute atomic E-state index is 0.0628. The van der Waals surface area contributed by atoms with Crippen LogP contribution in [-0.2, 0) is 11.3 Å². The lowest BCUT2D eigenvalue weighted by Gasteiger charge is -2.30. The molecule has 0 radical (unpaired) electrons. The van der Waals surface area contributed by atoms with Crippen molar-refractivity contribution in [2.24, 2.45) is 5.73 Å². The Hall–Kier alpha value is -2.91. The summed E-state index contributed by atoms with van der Waals surface area (Å²) in [4.78, 5) is 32.3. The van der Waals surface area contributed by atoms with Gasteiger partial charge >= 0.3 is 0 Å². The number of benzene rings is 1. The van der Waals surface area contributed by atoms with E-state index in [-0.39, 0.29) is 24.0 Å². The first kappa shape index (κ1) is 18.9. The normalized spacial score (nSPS) is 16.1. The number of nitrogens with two attached hydrogens (primary N) is 1. The Bertz CT molecular complexity index is 858. The number of nitrogens with zero attached hydrogens (tertiary/aromatic N) is 4. The third kappa shape index (κ3) is 3.64. The highest BCUT2D eigenvalue weighted by Crippen LogP contribution is 2.23. The van der Waals surface area contributed by atoms with E-state index in [9.17, 15) is 14.7 Å². The highest BCUT2D eigenvalue weighted by Gasteiger charge is 2.33. The van der Waals surface area contributed by atoms with Gasteiger partial charge in [0, 0.05) is 25.8 Å². The first-order chi connectivity index (χ1) is 12.8. The molecule has 0 fully saturated rings. The van der Waals surface area contributed by atoms with Gasteiger partial charge in [-0.25, -0.2) is 4.98 Å². The Balaban J connectivity index is 1.89. The lowest BCUT2D eigenvalue weighted by Crippen LogP contribution is -2.47. The summed E-state index contributed by atoms with van der Waals surface area (Å²) >= 11 is 0. The Morgan fingerprint density at radius 2 is 2.00 bits per heavy atom. The molecule has 0 aliphatic carbocycles. The van der Waals surface area contributed by atoms with Gasteiger partial charge in [-0.2, -0.15) is 0 Å². The number of imidazole rings is 1. The number of hydrogen-bond acceptors (Lipinski definition) is 6. The van der Waals surface area contributed by atoms with Crippen molar-refractivity contribution in [3.8, 4) is 0 Å². The number of aryl methyl sites for hydroxylation is 2. The largest absolute Gasteiger partial charge is 0.356 e. The van der Waals surface area contributed by atoms with Gasteiger partial charge < -0.3 is 25.6 Å². The van der Waals surface area contributed by atoms with Gasteiger partial charge in [0.05, 0.1) is 6.33 Å². The number of carbonyl (C=O) groups excluding carboxylic acids is 2. The second kappa shape index (κ2) is 7.37. The number of nitrogens with one attached hydrogen (secondary N) is 1. The maximum absolute atomic E-state index is 13.0. The summed E-state index contributed by atoms with van der Waals surface area (Å²) in [7, 11) is 1.47. The number of carbonyl (C=O) groups is 2. The summed E-state index contributed by atoms with van der Waals surface area (Å²) in [6.07, 6.45) is 0.273. The van der Waals surface area contributed by atoms with Crippen LogP contribution in [0.1, 0.15) is 21.6 Å². The molecule has 0 saturated carbocycles. The zero-order chi connectivity index (χ0) is 19.7. The number of anilines is 2. The average molecular weight is 372 g/mol. The minimum Gasteiger partial charge on any atom is -0.356 e. The molecule has 1 aliphatic heterocycles. The zero-order valence-corrected chi connectivity index (χ0v) is 15.6. The molecule has 2 amide bonds. The molecule has 0 saturated heterocycles. The fourth-order valence-corrected chi connectivity index (χ4v) is 3.19. The summed E-state index contributed by atoms with van der Waals surface area (Å²) in [5.74, 6) is -0.347. The maximum Gasteiger partial charge on any atom is 0.277 e. The number of hydrogen-bond donors (Lipinski definition) is 3. The molecule has 1 aromatic heterocycles. The molecular weight excluding hydrogens is 348 g/mol. The Morgan fingerprint density at radius 1 is 1.33 bits per heavy atom. The topological polar surface area (TPSA) is 117 Å². The lowest BCUT2D eigenvalue weighted by molar-refractivity contribution is -0.119. The van der Waals surface area contributed by atoms with E-state index in [1.54, 1.807) is 4.90 Å². The molecule has 144 valence electrons. The molecule has 1 atom stereocenters. The van der Waals surface area contributed by atoms with Crippen LogP contribution in [0.25, 0.3) is 0 Å². The Kier molecular flexibility index (Phi) is 5.15. The monoisotopic (exact) mass is 372 g/mol. The Labute approximate surface area is 157 Å². The molecule has 1 aromatic carbocycles. The molecular formula is C18H24N6O3. The van der Waals surface area contributed by atoms with E-state index in [0.717, 1.165) is 21.7 Å². The highest BCUT2D eigenvalue weighted by atomic mass is 16.3.